The second kappa shape index (κ2) is 4.21. The molecule has 76 valence electrons. The molecule has 0 heterocycles. The first-order chi connectivity index (χ1) is 6.43. The van der Waals surface area contributed by atoms with Gasteiger partial charge in [0, 0.05) is 5.56 Å². The predicted octanol–water partition coefficient (Wildman–Crippen LogP) is 2.26. The lowest BCUT2D eigenvalue weighted by Gasteiger charge is -2.06. The van der Waals surface area contributed by atoms with Gasteiger partial charge in [0.05, 0.1) is 4.90 Å². The topological polar surface area (TPSA) is 54.4 Å². The number of rotatable bonds is 2. The van der Waals surface area contributed by atoms with E-state index >= 15 is 0 Å². The fourth-order valence-corrected chi connectivity index (χ4v) is 1.88. The first-order valence-electron chi connectivity index (χ1n) is 3.85. The minimum atomic E-state index is -2.09. The summed E-state index contributed by atoms with van der Waals surface area (Å²) in [4.78, 5) is 11.1. The fourth-order valence-electron chi connectivity index (χ4n) is 1.12. The van der Waals surface area contributed by atoms with E-state index in [0.717, 1.165) is 5.56 Å². The molecule has 14 heavy (non-hydrogen) atoms. The van der Waals surface area contributed by atoms with Gasteiger partial charge in [-0.1, -0.05) is 0 Å². The summed E-state index contributed by atoms with van der Waals surface area (Å²) in [6.07, 6.45) is 0. The van der Waals surface area contributed by atoms with E-state index in [0.29, 0.717) is 5.56 Å². The molecule has 0 aliphatic rings. The van der Waals surface area contributed by atoms with Crippen LogP contribution in [0.4, 0.5) is 0 Å². The van der Waals surface area contributed by atoms with Crippen molar-refractivity contribution in [2.24, 2.45) is 0 Å². The van der Waals surface area contributed by atoms with Crippen molar-refractivity contribution in [2.45, 2.75) is 18.7 Å². The highest BCUT2D eigenvalue weighted by molar-refractivity contribution is 7.79. The highest BCUT2D eigenvalue weighted by Crippen LogP contribution is 2.20. The minimum absolute atomic E-state index is 0.231. The summed E-state index contributed by atoms with van der Waals surface area (Å²) in [5.41, 5.74) is 1.72. The van der Waals surface area contributed by atoms with Gasteiger partial charge in [0.2, 0.25) is 0 Å². The Labute approximate surface area is 89.4 Å². The molecule has 1 aromatic rings. The zero-order valence-corrected chi connectivity index (χ0v) is 9.28. The van der Waals surface area contributed by atoms with Crippen LogP contribution in [-0.2, 0) is 11.1 Å². The normalized spacial score (nSPS) is 12.6. The molecule has 1 atom stereocenters. The van der Waals surface area contributed by atoms with Crippen LogP contribution in [0.2, 0.25) is 0 Å². The van der Waals surface area contributed by atoms with Crippen LogP contribution >= 0.6 is 11.6 Å². The van der Waals surface area contributed by atoms with E-state index < -0.39 is 16.3 Å². The maximum Gasteiger partial charge on any atom is 0.252 e. The lowest BCUT2D eigenvalue weighted by atomic mass is 10.1. The summed E-state index contributed by atoms with van der Waals surface area (Å²) < 4.78 is 19.9. The third kappa shape index (κ3) is 2.20. The molecule has 1 aromatic carbocycles. The van der Waals surface area contributed by atoms with Crippen molar-refractivity contribution >= 4 is 27.9 Å². The Bertz CT molecular complexity index is 415. The van der Waals surface area contributed by atoms with Gasteiger partial charge in [-0.25, -0.2) is 4.21 Å². The highest BCUT2D eigenvalue weighted by Gasteiger charge is 2.11. The van der Waals surface area contributed by atoms with Crippen LogP contribution in [-0.4, -0.2) is 14.0 Å². The molecule has 0 spiro atoms. The lowest BCUT2D eigenvalue weighted by Crippen LogP contribution is -1.99. The zero-order valence-electron chi connectivity index (χ0n) is 7.70. The summed E-state index contributed by atoms with van der Waals surface area (Å²) in [6, 6.07) is 2.94. The Balaban J connectivity index is 3.43. The van der Waals surface area contributed by atoms with Crippen LogP contribution in [0.1, 0.15) is 21.5 Å². The molecule has 0 saturated heterocycles. The number of hydrogen-bond acceptors (Lipinski definition) is 2. The zero-order chi connectivity index (χ0) is 10.9. The Morgan fingerprint density at radius 3 is 2.43 bits per heavy atom. The molecule has 0 saturated carbocycles. The van der Waals surface area contributed by atoms with Gasteiger partial charge in [-0.05, 0) is 48.7 Å². The van der Waals surface area contributed by atoms with E-state index in [1.165, 1.54) is 6.07 Å². The van der Waals surface area contributed by atoms with E-state index in [9.17, 15) is 9.00 Å². The minimum Gasteiger partial charge on any atom is -0.302 e. The van der Waals surface area contributed by atoms with Gasteiger partial charge in [0.25, 0.3) is 5.24 Å². The van der Waals surface area contributed by atoms with Gasteiger partial charge < -0.3 is 4.55 Å². The van der Waals surface area contributed by atoms with Gasteiger partial charge in [0.15, 0.2) is 11.1 Å². The van der Waals surface area contributed by atoms with Crippen LogP contribution < -0.4 is 0 Å². The van der Waals surface area contributed by atoms with Gasteiger partial charge in [-0.3, -0.25) is 4.79 Å². The summed E-state index contributed by atoms with van der Waals surface area (Å²) in [5, 5.41) is -0.625. The summed E-state index contributed by atoms with van der Waals surface area (Å²) in [6.45, 7) is 3.48. The first-order valence-corrected chi connectivity index (χ1v) is 5.34. The molecular weight excluding hydrogens is 224 g/mol. The molecule has 3 nitrogen and oxygen atoms in total. The van der Waals surface area contributed by atoms with E-state index in [1.807, 2.05) is 0 Å². The molecule has 0 radical (unpaired) electrons. The third-order valence-electron chi connectivity index (χ3n) is 2.03. The van der Waals surface area contributed by atoms with Crippen LogP contribution in [0.5, 0.6) is 0 Å². The molecule has 0 aliphatic carbocycles. The predicted molar refractivity (Wildman–Crippen MR) is 55.1 cm³/mol. The SMILES string of the molecule is Cc1cc(C(=O)Cl)cc(S(=O)O)c1C. The smallest absolute Gasteiger partial charge is 0.252 e. The molecule has 1 rings (SSSR count). The summed E-state index contributed by atoms with van der Waals surface area (Å²) in [5.74, 6) is 0. The van der Waals surface area contributed by atoms with Crippen LogP contribution in [0.15, 0.2) is 17.0 Å². The first kappa shape index (κ1) is 11.4. The number of aryl methyl sites for hydroxylation is 1. The molecular formula is C9H9ClO3S. The molecule has 1 unspecified atom stereocenters. The average Bonchev–Trinajstić information content (AvgIpc) is 2.08. The average molecular weight is 233 g/mol. The standard InChI is InChI=1S/C9H9ClO3S/c1-5-3-7(9(10)11)4-8(6(5)2)14(12)13/h3-4H,1-2H3,(H,12,13). The van der Waals surface area contributed by atoms with Crippen molar-refractivity contribution in [3.8, 4) is 0 Å². The van der Waals surface area contributed by atoms with Gasteiger partial charge in [-0.15, -0.1) is 0 Å². The Morgan fingerprint density at radius 1 is 1.43 bits per heavy atom. The lowest BCUT2D eigenvalue weighted by molar-refractivity contribution is 0.108. The van der Waals surface area contributed by atoms with E-state index in [-0.39, 0.29) is 10.5 Å². The monoisotopic (exact) mass is 232 g/mol. The third-order valence-corrected chi connectivity index (χ3v) is 3.05. The van der Waals surface area contributed by atoms with Crippen LogP contribution in [0.25, 0.3) is 0 Å². The van der Waals surface area contributed by atoms with Crippen molar-refractivity contribution in [2.75, 3.05) is 0 Å². The Morgan fingerprint density at radius 2 is 2.00 bits per heavy atom. The maximum absolute atomic E-state index is 10.9. The van der Waals surface area contributed by atoms with Crippen molar-refractivity contribution in [3.05, 3.63) is 28.8 Å². The van der Waals surface area contributed by atoms with E-state index in [2.05, 4.69) is 0 Å². The molecule has 0 aliphatic heterocycles. The van der Waals surface area contributed by atoms with Crippen LogP contribution in [0, 0.1) is 13.8 Å². The second-order valence-corrected chi connectivity index (χ2v) is 4.22. The van der Waals surface area contributed by atoms with E-state index in [1.54, 1.807) is 19.9 Å². The molecule has 5 heteroatoms. The Hall–Kier alpha value is -0.710. The molecule has 1 N–H and O–H groups in total. The number of carbonyl (C=O) groups excluding carboxylic acids is 1. The van der Waals surface area contributed by atoms with Crippen molar-refractivity contribution in [1.82, 2.24) is 0 Å². The molecule has 0 amide bonds. The number of carbonyl (C=O) groups is 1. The number of hydrogen-bond donors (Lipinski definition) is 1. The molecule has 0 fully saturated rings. The van der Waals surface area contributed by atoms with Gasteiger partial charge in [-0.2, -0.15) is 0 Å². The quantitative estimate of drug-likeness (QED) is 0.629. The van der Waals surface area contributed by atoms with Crippen molar-refractivity contribution in [3.63, 3.8) is 0 Å². The van der Waals surface area contributed by atoms with Crippen molar-refractivity contribution < 1.29 is 13.6 Å². The highest BCUT2D eigenvalue weighted by atomic mass is 35.5. The maximum atomic E-state index is 10.9. The van der Waals surface area contributed by atoms with Gasteiger partial charge in [0.1, 0.15) is 0 Å². The number of benzene rings is 1. The van der Waals surface area contributed by atoms with Crippen molar-refractivity contribution in [1.29, 1.82) is 0 Å². The van der Waals surface area contributed by atoms with E-state index in [4.69, 9.17) is 16.2 Å². The van der Waals surface area contributed by atoms with Gasteiger partial charge >= 0.3 is 0 Å². The second-order valence-electron chi connectivity index (χ2n) is 2.94. The van der Waals surface area contributed by atoms with Crippen LogP contribution in [0.3, 0.4) is 0 Å². The number of halogens is 1. The largest absolute Gasteiger partial charge is 0.302 e. The summed E-state index contributed by atoms with van der Waals surface area (Å²) in [7, 11) is 0. The summed E-state index contributed by atoms with van der Waals surface area (Å²) >= 11 is 3.20. The fraction of sp³-hybridized carbons (Fsp3) is 0.222. The Kier molecular flexibility index (Phi) is 3.42. The molecule has 0 bridgehead atoms. The molecule has 0 aromatic heterocycles.